The Labute approximate surface area is 274 Å². The van der Waals surface area contributed by atoms with Crippen molar-refractivity contribution in [1.29, 1.82) is 0 Å². The smallest absolute Gasteiger partial charge is 0.287 e. The maximum atomic E-state index is 14.5. The summed E-state index contributed by atoms with van der Waals surface area (Å²) in [5.41, 5.74) is 16.8. The third-order valence-corrected chi connectivity index (χ3v) is 8.77. The van der Waals surface area contributed by atoms with Crippen molar-refractivity contribution >= 4 is 35.4 Å². The summed E-state index contributed by atoms with van der Waals surface area (Å²) in [4.78, 5) is 73.1. The van der Waals surface area contributed by atoms with E-state index >= 15 is 0 Å². The molecule has 4 rings (SSSR count). The molecule has 2 fully saturated rings. The molecule has 0 aromatic heterocycles. The zero-order chi connectivity index (χ0) is 34.0. The standard InChI is InChI=1S/C34H45N7O6/c35-32(47)34(26(12-7-19-38-33(36)37)29(44)30(45)39-24-15-16-24)20-25(42)21-41(34)31(46)27(17-13-22-8-3-1-4-9-22)40-28(43)18-14-23-10-5-2-6-11-23/h1-6,8-11,24-27,42H,7,12-21H2,(H2,35,47)(H,39,45)(H,40,43)(H4,36,37,38)/t25?,26-,27+,34?/m1/s1. The number of aliphatic hydroxyl groups excluding tert-OH is 1. The van der Waals surface area contributed by atoms with Crippen molar-refractivity contribution in [3.8, 4) is 0 Å². The monoisotopic (exact) mass is 647 g/mol. The average molecular weight is 648 g/mol. The van der Waals surface area contributed by atoms with Gasteiger partial charge >= 0.3 is 0 Å². The van der Waals surface area contributed by atoms with Gasteiger partial charge in [0.05, 0.1) is 12.0 Å². The van der Waals surface area contributed by atoms with Crippen LogP contribution in [-0.2, 0) is 36.8 Å². The van der Waals surface area contributed by atoms with Crippen LogP contribution in [0.15, 0.2) is 65.7 Å². The predicted molar refractivity (Wildman–Crippen MR) is 175 cm³/mol. The molecular weight excluding hydrogens is 602 g/mol. The highest BCUT2D eigenvalue weighted by molar-refractivity contribution is 6.38. The lowest BCUT2D eigenvalue weighted by molar-refractivity contribution is -0.155. The van der Waals surface area contributed by atoms with Gasteiger partial charge in [0, 0.05) is 32.0 Å². The SMILES string of the molecule is NC(=O)C1([C@H](CCCN=C(N)N)C(=O)C(=O)NC2CC2)CC(O)CN1C(=O)[C@H](CCc1ccccc1)NC(=O)CCc1ccccc1. The van der Waals surface area contributed by atoms with Crippen molar-refractivity contribution in [2.75, 3.05) is 13.1 Å². The van der Waals surface area contributed by atoms with Crippen LogP contribution in [0.25, 0.3) is 0 Å². The molecule has 2 aromatic rings. The van der Waals surface area contributed by atoms with Crippen LogP contribution < -0.4 is 27.8 Å². The van der Waals surface area contributed by atoms with Gasteiger partial charge in [-0.3, -0.25) is 29.0 Å². The number of hydrogen-bond acceptors (Lipinski definition) is 7. The van der Waals surface area contributed by atoms with E-state index in [1.165, 1.54) is 0 Å². The van der Waals surface area contributed by atoms with Crippen molar-refractivity contribution in [3.05, 3.63) is 71.8 Å². The fourth-order valence-corrected chi connectivity index (χ4v) is 6.23. The van der Waals surface area contributed by atoms with E-state index in [0.29, 0.717) is 12.8 Å². The van der Waals surface area contributed by atoms with E-state index in [-0.39, 0.29) is 63.1 Å². The fraction of sp³-hybridized carbons (Fsp3) is 0.471. The highest BCUT2D eigenvalue weighted by atomic mass is 16.3. The second-order valence-electron chi connectivity index (χ2n) is 12.3. The third-order valence-electron chi connectivity index (χ3n) is 8.77. The number of β-amino-alcohol motifs (C(OH)–C–C–N with tert-alkyl or cyclic N) is 1. The molecule has 9 N–H and O–H groups in total. The molecule has 0 bridgehead atoms. The average Bonchev–Trinajstić information content (AvgIpc) is 3.80. The van der Waals surface area contributed by atoms with Crippen molar-refractivity contribution in [2.24, 2.45) is 28.1 Å². The molecule has 252 valence electrons. The summed E-state index contributed by atoms with van der Waals surface area (Å²) < 4.78 is 0. The number of likely N-dealkylation sites (tertiary alicyclic amines) is 1. The van der Waals surface area contributed by atoms with Gasteiger partial charge in [0.2, 0.25) is 23.5 Å². The van der Waals surface area contributed by atoms with Gasteiger partial charge in [-0.05, 0) is 56.1 Å². The summed E-state index contributed by atoms with van der Waals surface area (Å²) in [6.07, 6.45) is 1.16. The zero-order valence-corrected chi connectivity index (χ0v) is 26.5. The first-order chi connectivity index (χ1) is 22.5. The molecule has 2 aliphatic rings. The third kappa shape index (κ3) is 9.38. The first-order valence-corrected chi connectivity index (χ1v) is 16.1. The van der Waals surface area contributed by atoms with Gasteiger partial charge < -0.3 is 37.8 Å². The highest BCUT2D eigenvalue weighted by Crippen LogP contribution is 2.40. The lowest BCUT2D eigenvalue weighted by Gasteiger charge is -2.42. The molecule has 0 radical (unpaired) electrons. The van der Waals surface area contributed by atoms with Crippen LogP contribution in [-0.4, -0.2) is 82.2 Å². The number of aliphatic hydroxyl groups is 1. The van der Waals surface area contributed by atoms with Gasteiger partial charge in [0.1, 0.15) is 11.6 Å². The highest BCUT2D eigenvalue weighted by Gasteiger charge is 2.60. The zero-order valence-electron chi connectivity index (χ0n) is 26.5. The van der Waals surface area contributed by atoms with Gasteiger partial charge in [-0.1, -0.05) is 60.7 Å². The Bertz CT molecular complexity index is 1450. The van der Waals surface area contributed by atoms with E-state index in [9.17, 15) is 29.1 Å². The van der Waals surface area contributed by atoms with Gasteiger partial charge in [-0.25, -0.2) is 0 Å². The quantitative estimate of drug-likeness (QED) is 0.0595. The number of aryl methyl sites for hydroxylation is 2. The minimum absolute atomic E-state index is 0.0642. The Hall–Kier alpha value is -4.78. The van der Waals surface area contributed by atoms with Crippen molar-refractivity contribution in [2.45, 2.75) is 81.5 Å². The lowest BCUT2D eigenvalue weighted by atomic mass is 9.74. The predicted octanol–water partition coefficient (Wildman–Crippen LogP) is 0.0716. The summed E-state index contributed by atoms with van der Waals surface area (Å²) in [6.45, 7) is -0.218. The second kappa shape index (κ2) is 16.2. The Kier molecular flexibility index (Phi) is 12.1. The van der Waals surface area contributed by atoms with Crippen LogP contribution in [0.5, 0.6) is 0 Å². The number of hydrogen-bond donors (Lipinski definition) is 6. The van der Waals surface area contributed by atoms with Crippen molar-refractivity contribution < 1.29 is 29.1 Å². The van der Waals surface area contributed by atoms with E-state index < -0.39 is 47.1 Å². The van der Waals surface area contributed by atoms with Crippen molar-refractivity contribution in [1.82, 2.24) is 15.5 Å². The number of guanidine groups is 1. The van der Waals surface area contributed by atoms with E-state index in [0.717, 1.165) is 28.9 Å². The number of nitrogens with one attached hydrogen (secondary N) is 2. The first-order valence-electron chi connectivity index (χ1n) is 16.1. The number of rotatable bonds is 17. The molecule has 1 aliphatic heterocycles. The number of aliphatic imine (C=N–C) groups is 1. The molecule has 13 nitrogen and oxygen atoms in total. The number of Topliss-reactive ketones (excluding diaryl/α,β-unsaturated/α-hetero) is 1. The number of carbonyl (C=O) groups is 5. The maximum Gasteiger partial charge on any atom is 0.287 e. The lowest BCUT2D eigenvalue weighted by Crippen LogP contribution is -2.66. The van der Waals surface area contributed by atoms with Gasteiger partial charge in [0.25, 0.3) is 5.91 Å². The van der Waals surface area contributed by atoms with Crippen LogP contribution in [0.2, 0.25) is 0 Å². The summed E-state index contributed by atoms with van der Waals surface area (Å²) in [5, 5.41) is 16.4. The molecule has 47 heavy (non-hydrogen) atoms. The van der Waals surface area contributed by atoms with Crippen LogP contribution >= 0.6 is 0 Å². The summed E-state index contributed by atoms with van der Waals surface area (Å²) in [6, 6.07) is 17.6. The van der Waals surface area contributed by atoms with Crippen molar-refractivity contribution in [3.63, 3.8) is 0 Å². The van der Waals surface area contributed by atoms with E-state index in [4.69, 9.17) is 17.2 Å². The normalized spacial score (nSPS) is 20.1. The number of primary amides is 1. The summed E-state index contributed by atoms with van der Waals surface area (Å²) in [7, 11) is 0. The Morgan fingerprint density at radius 3 is 2.11 bits per heavy atom. The molecular formula is C34H45N7O6. The molecule has 2 unspecified atom stereocenters. The maximum absolute atomic E-state index is 14.5. The minimum atomic E-state index is -2.04. The molecule has 4 atom stereocenters. The summed E-state index contributed by atoms with van der Waals surface area (Å²) in [5.74, 6) is -5.44. The molecule has 1 saturated heterocycles. The number of nitrogens with two attached hydrogens (primary N) is 3. The molecule has 13 heteroatoms. The van der Waals surface area contributed by atoms with Gasteiger partial charge in [0.15, 0.2) is 5.96 Å². The molecule has 2 aromatic carbocycles. The van der Waals surface area contributed by atoms with E-state index in [1.807, 2.05) is 60.7 Å². The summed E-state index contributed by atoms with van der Waals surface area (Å²) >= 11 is 0. The van der Waals surface area contributed by atoms with E-state index in [2.05, 4.69) is 15.6 Å². The minimum Gasteiger partial charge on any atom is -0.391 e. The molecule has 1 saturated carbocycles. The number of amides is 4. The van der Waals surface area contributed by atoms with E-state index in [1.54, 1.807) is 0 Å². The van der Waals surface area contributed by atoms with Crippen LogP contribution in [0, 0.1) is 5.92 Å². The molecule has 1 heterocycles. The topological polar surface area (TPSA) is 223 Å². The first kappa shape index (κ1) is 35.1. The van der Waals surface area contributed by atoms with Gasteiger partial charge in [-0.2, -0.15) is 0 Å². The van der Waals surface area contributed by atoms with Crippen LogP contribution in [0.1, 0.15) is 56.1 Å². The number of ketones is 1. The van der Waals surface area contributed by atoms with Crippen LogP contribution in [0.3, 0.4) is 0 Å². The Morgan fingerprint density at radius 1 is 0.915 bits per heavy atom. The molecule has 0 spiro atoms. The Morgan fingerprint density at radius 2 is 1.53 bits per heavy atom. The van der Waals surface area contributed by atoms with Crippen LogP contribution in [0.4, 0.5) is 0 Å². The number of carbonyl (C=O) groups excluding carboxylic acids is 5. The fourth-order valence-electron chi connectivity index (χ4n) is 6.23. The van der Waals surface area contributed by atoms with Gasteiger partial charge in [-0.15, -0.1) is 0 Å². The number of nitrogens with zero attached hydrogens (tertiary/aromatic N) is 2. The Balaban J connectivity index is 1.64. The number of benzene rings is 2. The second-order valence-corrected chi connectivity index (χ2v) is 12.3. The largest absolute Gasteiger partial charge is 0.391 e. The molecule has 1 aliphatic carbocycles. The molecule has 4 amide bonds.